The molecule has 0 atom stereocenters. The molecule has 1 heterocycles. The average molecular weight is 198 g/mol. The molecule has 0 saturated carbocycles. The molecule has 0 saturated heterocycles. The van der Waals surface area contributed by atoms with Crippen molar-refractivity contribution in [1.29, 1.82) is 0 Å². The Morgan fingerprint density at radius 3 is 1.92 bits per heavy atom. The van der Waals surface area contributed by atoms with Crippen molar-refractivity contribution >= 4 is 11.3 Å². The summed E-state index contributed by atoms with van der Waals surface area (Å²) >= 11 is 1.75. The molecule has 0 spiro atoms. The molecule has 13 heavy (non-hydrogen) atoms. The van der Waals surface area contributed by atoms with E-state index < -0.39 is 0 Å². The van der Waals surface area contributed by atoms with Crippen LogP contribution in [0, 0.1) is 13.8 Å². The van der Waals surface area contributed by atoms with Crippen LogP contribution in [0.4, 0.5) is 0 Å². The second-order valence-electron chi connectivity index (χ2n) is 4.40. The zero-order valence-electron chi connectivity index (χ0n) is 9.32. The topological polar surface area (TPSA) is 9.23 Å². The third kappa shape index (κ3) is 1.88. The van der Waals surface area contributed by atoms with Gasteiger partial charge in [0.15, 0.2) is 5.06 Å². The minimum absolute atomic E-state index is 0.224. The molecule has 1 aromatic heterocycles. The van der Waals surface area contributed by atoms with Crippen LogP contribution in [0.2, 0.25) is 0 Å². The van der Waals surface area contributed by atoms with Gasteiger partial charge in [-0.15, -0.1) is 11.3 Å². The molecule has 0 N–H and O–H groups in total. The highest BCUT2D eigenvalue weighted by Crippen LogP contribution is 2.40. The van der Waals surface area contributed by atoms with Crippen molar-refractivity contribution < 1.29 is 4.74 Å². The molecule has 0 radical (unpaired) electrons. The van der Waals surface area contributed by atoms with Gasteiger partial charge in [-0.25, -0.2) is 0 Å². The second kappa shape index (κ2) is 3.33. The van der Waals surface area contributed by atoms with Gasteiger partial charge in [0, 0.05) is 10.4 Å². The zero-order chi connectivity index (χ0) is 10.2. The third-order valence-corrected chi connectivity index (χ3v) is 3.38. The average Bonchev–Trinajstić information content (AvgIpc) is 2.24. The van der Waals surface area contributed by atoms with Crippen molar-refractivity contribution in [2.24, 2.45) is 0 Å². The van der Waals surface area contributed by atoms with Crippen molar-refractivity contribution in [2.75, 3.05) is 7.11 Å². The van der Waals surface area contributed by atoms with Gasteiger partial charge in [-0.1, -0.05) is 20.8 Å². The Hall–Kier alpha value is -0.500. The minimum Gasteiger partial charge on any atom is -0.487 e. The van der Waals surface area contributed by atoms with E-state index in [-0.39, 0.29) is 5.41 Å². The van der Waals surface area contributed by atoms with E-state index in [0.717, 1.165) is 5.06 Å². The smallest absolute Gasteiger partial charge is 0.176 e. The largest absolute Gasteiger partial charge is 0.487 e. The first kappa shape index (κ1) is 10.6. The van der Waals surface area contributed by atoms with Crippen molar-refractivity contribution in [2.45, 2.75) is 40.0 Å². The maximum absolute atomic E-state index is 5.32. The predicted molar refractivity (Wildman–Crippen MR) is 59.0 cm³/mol. The molecular formula is C11H18OS. The molecule has 0 amide bonds. The van der Waals surface area contributed by atoms with Crippen LogP contribution in [0.1, 0.15) is 36.8 Å². The van der Waals surface area contributed by atoms with Crippen molar-refractivity contribution in [3.63, 3.8) is 0 Å². The van der Waals surface area contributed by atoms with Gasteiger partial charge in [-0.3, -0.25) is 0 Å². The first-order chi connectivity index (χ1) is 5.88. The Morgan fingerprint density at radius 2 is 1.69 bits per heavy atom. The molecule has 0 aliphatic rings. The zero-order valence-corrected chi connectivity index (χ0v) is 10.1. The van der Waals surface area contributed by atoms with Gasteiger partial charge in [-0.2, -0.15) is 0 Å². The van der Waals surface area contributed by atoms with Crippen LogP contribution in [-0.2, 0) is 5.41 Å². The summed E-state index contributed by atoms with van der Waals surface area (Å²) in [7, 11) is 1.74. The number of thiophene rings is 1. The van der Waals surface area contributed by atoms with Crippen molar-refractivity contribution in [1.82, 2.24) is 0 Å². The number of methoxy groups -OCH3 is 1. The molecule has 0 unspecified atom stereocenters. The van der Waals surface area contributed by atoms with E-state index in [9.17, 15) is 0 Å². The van der Waals surface area contributed by atoms with E-state index in [1.807, 2.05) is 0 Å². The molecular weight excluding hydrogens is 180 g/mol. The standard InChI is InChI=1S/C11H18OS/c1-7-9(11(3,4)5)8(2)13-10(7)12-6/h1-6H3. The van der Waals surface area contributed by atoms with Gasteiger partial charge >= 0.3 is 0 Å². The summed E-state index contributed by atoms with van der Waals surface area (Å²) in [5.74, 6) is 0. The van der Waals surface area contributed by atoms with Crippen LogP contribution in [0.15, 0.2) is 0 Å². The van der Waals surface area contributed by atoms with Crippen LogP contribution in [0.25, 0.3) is 0 Å². The number of hydrogen-bond acceptors (Lipinski definition) is 2. The fourth-order valence-corrected chi connectivity index (χ4v) is 3.10. The summed E-state index contributed by atoms with van der Waals surface area (Å²) in [6.07, 6.45) is 0. The maximum atomic E-state index is 5.32. The molecule has 1 rings (SSSR count). The number of hydrogen-bond donors (Lipinski definition) is 0. The maximum Gasteiger partial charge on any atom is 0.176 e. The summed E-state index contributed by atoms with van der Waals surface area (Å²) in [5.41, 5.74) is 2.97. The van der Waals surface area contributed by atoms with Crippen molar-refractivity contribution in [3.05, 3.63) is 16.0 Å². The van der Waals surface area contributed by atoms with E-state index in [1.165, 1.54) is 16.0 Å². The molecule has 1 aromatic rings. The molecule has 0 aliphatic carbocycles. The molecule has 0 fully saturated rings. The Balaban J connectivity index is 3.29. The molecule has 74 valence electrons. The van der Waals surface area contributed by atoms with Gasteiger partial charge in [0.2, 0.25) is 0 Å². The summed E-state index contributed by atoms with van der Waals surface area (Å²) in [5, 5.41) is 1.06. The van der Waals surface area contributed by atoms with Crippen LogP contribution >= 0.6 is 11.3 Å². The number of aryl methyl sites for hydroxylation is 1. The Bertz CT molecular complexity index is 305. The Morgan fingerprint density at radius 1 is 1.15 bits per heavy atom. The lowest BCUT2D eigenvalue weighted by atomic mass is 9.85. The first-order valence-corrected chi connectivity index (χ1v) is 5.34. The van der Waals surface area contributed by atoms with Crippen LogP contribution in [-0.4, -0.2) is 7.11 Å². The van der Waals surface area contributed by atoms with E-state index in [2.05, 4.69) is 34.6 Å². The highest BCUT2D eigenvalue weighted by Gasteiger charge is 2.23. The predicted octanol–water partition coefficient (Wildman–Crippen LogP) is 3.67. The molecule has 2 heteroatoms. The third-order valence-electron chi connectivity index (χ3n) is 2.21. The molecule has 0 aromatic carbocycles. The first-order valence-electron chi connectivity index (χ1n) is 4.52. The molecule has 0 bridgehead atoms. The Kier molecular flexibility index (Phi) is 2.71. The quantitative estimate of drug-likeness (QED) is 0.669. The summed E-state index contributed by atoms with van der Waals surface area (Å²) in [6.45, 7) is 11.0. The molecule has 1 nitrogen and oxygen atoms in total. The van der Waals surface area contributed by atoms with E-state index >= 15 is 0 Å². The summed E-state index contributed by atoms with van der Waals surface area (Å²) in [4.78, 5) is 1.38. The lowest BCUT2D eigenvalue weighted by Crippen LogP contribution is -2.12. The van der Waals surface area contributed by atoms with Crippen LogP contribution in [0.5, 0.6) is 5.06 Å². The van der Waals surface area contributed by atoms with Gasteiger partial charge < -0.3 is 4.74 Å². The van der Waals surface area contributed by atoms with E-state index in [1.54, 1.807) is 18.4 Å². The SMILES string of the molecule is COc1sc(C)c(C(C)(C)C)c1C. The summed E-state index contributed by atoms with van der Waals surface area (Å²) < 4.78 is 5.32. The van der Waals surface area contributed by atoms with Crippen molar-refractivity contribution in [3.8, 4) is 5.06 Å². The minimum atomic E-state index is 0.224. The lowest BCUT2D eigenvalue weighted by Gasteiger charge is -2.20. The number of rotatable bonds is 1. The normalized spacial score (nSPS) is 11.8. The monoisotopic (exact) mass is 198 g/mol. The van der Waals surface area contributed by atoms with E-state index in [0.29, 0.717) is 0 Å². The second-order valence-corrected chi connectivity index (χ2v) is 5.59. The van der Waals surface area contributed by atoms with Gasteiger partial charge in [0.05, 0.1) is 7.11 Å². The number of ether oxygens (including phenoxy) is 1. The van der Waals surface area contributed by atoms with Gasteiger partial charge in [0.25, 0.3) is 0 Å². The van der Waals surface area contributed by atoms with E-state index in [4.69, 9.17) is 4.74 Å². The van der Waals surface area contributed by atoms with Crippen LogP contribution < -0.4 is 4.74 Å². The highest BCUT2D eigenvalue weighted by atomic mass is 32.1. The lowest BCUT2D eigenvalue weighted by molar-refractivity contribution is 0.422. The fraction of sp³-hybridized carbons (Fsp3) is 0.636. The fourth-order valence-electron chi connectivity index (χ4n) is 1.92. The molecule has 0 aliphatic heterocycles. The summed E-state index contributed by atoms with van der Waals surface area (Å²) in [6, 6.07) is 0. The van der Waals surface area contributed by atoms with Gasteiger partial charge in [0.1, 0.15) is 0 Å². The Labute approximate surface area is 84.7 Å². The van der Waals surface area contributed by atoms with Crippen LogP contribution in [0.3, 0.4) is 0 Å². The van der Waals surface area contributed by atoms with Gasteiger partial charge in [-0.05, 0) is 24.8 Å². The highest BCUT2D eigenvalue weighted by molar-refractivity contribution is 7.14.